The van der Waals surface area contributed by atoms with Crippen molar-refractivity contribution in [1.29, 1.82) is 0 Å². The van der Waals surface area contributed by atoms with Crippen LogP contribution in [0.3, 0.4) is 0 Å². The molecule has 1 aromatic carbocycles. The normalized spacial score (nSPS) is 23.0. The molecule has 2 heterocycles. The van der Waals surface area contributed by atoms with Crippen LogP contribution in [0.5, 0.6) is 0 Å². The summed E-state index contributed by atoms with van der Waals surface area (Å²) in [6.45, 7) is 7.76. The van der Waals surface area contributed by atoms with Crippen molar-refractivity contribution < 1.29 is 19.2 Å². The van der Waals surface area contributed by atoms with Gasteiger partial charge in [-0.1, -0.05) is 48.0 Å². The summed E-state index contributed by atoms with van der Waals surface area (Å²) in [5.74, 6) is -0.0686. The van der Waals surface area contributed by atoms with Gasteiger partial charge in [0.15, 0.2) is 6.61 Å². The zero-order valence-electron chi connectivity index (χ0n) is 21.1. The number of fused-ring (bicyclic) bond motifs is 1. The first kappa shape index (κ1) is 27.0. The fraction of sp³-hybridized carbons (Fsp3) is 0.536. The molecular formula is C28H37ClN2O4. The van der Waals surface area contributed by atoms with Crippen LogP contribution in [-0.2, 0) is 20.8 Å². The number of esters is 1. The highest BCUT2D eigenvalue weighted by molar-refractivity contribution is 6.33. The van der Waals surface area contributed by atoms with Gasteiger partial charge < -0.3 is 14.5 Å². The van der Waals surface area contributed by atoms with Crippen molar-refractivity contribution in [3.05, 3.63) is 57.6 Å². The molecule has 190 valence electrons. The molecule has 0 spiro atoms. The number of hydrogen-bond donors (Lipinski definition) is 0. The van der Waals surface area contributed by atoms with Gasteiger partial charge in [0.25, 0.3) is 5.91 Å². The lowest BCUT2D eigenvalue weighted by molar-refractivity contribution is -0.137. The van der Waals surface area contributed by atoms with Gasteiger partial charge >= 0.3 is 5.97 Å². The molecule has 0 N–H and O–H groups in total. The van der Waals surface area contributed by atoms with Gasteiger partial charge in [-0.15, -0.1) is 0 Å². The van der Waals surface area contributed by atoms with Crippen LogP contribution in [-0.4, -0.2) is 48.8 Å². The summed E-state index contributed by atoms with van der Waals surface area (Å²) >= 11 is 6.70. The number of amides is 1. The highest BCUT2D eigenvalue weighted by atomic mass is 35.5. The summed E-state index contributed by atoms with van der Waals surface area (Å²) in [6.07, 6.45) is 14.2. The van der Waals surface area contributed by atoms with Crippen LogP contribution in [0, 0.1) is 19.8 Å². The number of carbonyl (C=O) groups is 2. The minimum absolute atomic E-state index is 0.0531. The van der Waals surface area contributed by atoms with Crippen LogP contribution in [0.2, 0.25) is 5.02 Å². The van der Waals surface area contributed by atoms with Crippen molar-refractivity contribution in [2.45, 2.75) is 65.7 Å². The number of cyclic esters (lactones) is 1. The highest BCUT2D eigenvalue weighted by Crippen LogP contribution is 2.29. The largest absolute Gasteiger partial charge is 0.462 e. The van der Waals surface area contributed by atoms with E-state index in [9.17, 15) is 9.59 Å². The number of aryl methyl sites for hydroxylation is 2. The van der Waals surface area contributed by atoms with Gasteiger partial charge in [0.1, 0.15) is 0 Å². The first-order valence-corrected chi connectivity index (χ1v) is 13.0. The third-order valence-electron chi connectivity index (χ3n) is 6.41. The van der Waals surface area contributed by atoms with E-state index in [1.54, 1.807) is 0 Å². The zero-order valence-corrected chi connectivity index (χ0v) is 21.9. The number of likely N-dealkylation sites (tertiary alicyclic amines) is 1. The van der Waals surface area contributed by atoms with Crippen molar-refractivity contribution in [3.8, 4) is 0 Å². The Balaban J connectivity index is 1.88. The van der Waals surface area contributed by atoms with E-state index >= 15 is 0 Å². The van der Waals surface area contributed by atoms with Gasteiger partial charge in [0.05, 0.1) is 17.9 Å². The molecule has 0 saturated carbocycles. The van der Waals surface area contributed by atoms with E-state index in [-0.39, 0.29) is 18.5 Å². The predicted molar refractivity (Wildman–Crippen MR) is 140 cm³/mol. The molecule has 3 rings (SSSR count). The second-order valence-corrected chi connectivity index (χ2v) is 9.85. The average Bonchev–Trinajstić information content (AvgIpc) is 2.84. The van der Waals surface area contributed by atoms with Crippen molar-refractivity contribution in [2.24, 2.45) is 11.1 Å². The van der Waals surface area contributed by atoms with Crippen LogP contribution >= 0.6 is 11.6 Å². The molecule has 2 aliphatic heterocycles. The van der Waals surface area contributed by atoms with E-state index in [0.29, 0.717) is 40.8 Å². The second kappa shape index (κ2) is 13.5. The summed E-state index contributed by atoms with van der Waals surface area (Å²) < 4.78 is 5.59. The molecule has 1 unspecified atom stereocenters. The fourth-order valence-corrected chi connectivity index (χ4v) is 4.68. The highest BCUT2D eigenvalue weighted by Gasteiger charge is 2.22. The number of oxime groups is 1. The monoisotopic (exact) mass is 500 g/mol. The van der Waals surface area contributed by atoms with Crippen LogP contribution in [0.1, 0.15) is 72.5 Å². The number of allylic oxidation sites excluding steroid dienone is 4. The Bertz CT molecular complexity index is 993. The van der Waals surface area contributed by atoms with Crippen LogP contribution < -0.4 is 0 Å². The number of halogens is 1. The van der Waals surface area contributed by atoms with Gasteiger partial charge in [-0.2, -0.15) is 0 Å². The Kier molecular flexibility index (Phi) is 10.4. The van der Waals surface area contributed by atoms with E-state index in [2.05, 4.69) is 30.3 Å². The lowest BCUT2D eigenvalue weighted by Crippen LogP contribution is -2.37. The van der Waals surface area contributed by atoms with Crippen LogP contribution in [0.15, 0.2) is 35.5 Å². The van der Waals surface area contributed by atoms with Crippen molar-refractivity contribution >= 4 is 29.2 Å². The number of hydrogen-bond acceptors (Lipinski definition) is 5. The van der Waals surface area contributed by atoms with Gasteiger partial charge in [-0.05, 0) is 81.1 Å². The first-order valence-electron chi connectivity index (χ1n) is 12.6. The summed E-state index contributed by atoms with van der Waals surface area (Å²) in [6, 6.07) is 1.90. The lowest BCUT2D eigenvalue weighted by Gasteiger charge is -2.26. The number of nitrogens with zero attached hydrogens (tertiary/aromatic N) is 2. The maximum atomic E-state index is 13.0. The van der Waals surface area contributed by atoms with E-state index in [1.807, 2.05) is 30.9 Å². The van der Waals surface area contributed by atoms with Crippen molar-refractivity contribution in [3.63, 3.8) is 0 Å². The van der Waals surface area contributed by atoms with Crippen LogP contribution in [0.25, 0.3) is 0 Å². The fourth-order valence-electron chi connectivity index (χ4n) is 4.47. The molecule has 35 heavy (non-hydrogen) atoms. The molecule has 1 amide bonds. The number of piperidine rings is 1. The SMILES string of the molecule is Cc1cc(C)c2c(c1Cl)CC(=N/OCC(=O)N1CCCCC1)/C=C/CC(C)/C=C/CCCOC2=O. The Morgan fingerprint density at radius 3 is 2.71 bits per heavy atom. The molecule has 1 fully saturated rings. The number of ether oxygens (including phenoxy) is 1. The lowest BCUT2D eigenvalue weighted by atomic mass is 9.94. The van der Waals surface area contributed by atoms with Gasteiger partial charge in [-0.3, -0.25) is 4.79 Å². The smallest absolute Gasteiger partial charge is 0.338 e. The minimum Gasteiger partial charge on any atom is -0.462 e. The van der Waals surface area contributed by atoms with Crippen LogP contribution in [0.4, 0.5) is 0 Å². The molecule has 0 radical (unpaired) electrons. The Labute approximate surface area is 214 Å². The second-order valence-electron chi connectivity index (χ2n) is 9.47. The quantitative estimate of drug-likeness (QED) is 0.291. The summed E-state index contributed by atoms with van der Waals surface area (Å²) in [7, 11) is 0. The Morgan fingerprint density at radius 2 is 1.94 bits per heavy atom. The third-order valence-corrected chi connectivity index (χ3v) is 6.94. The summed E-state index contributed by atoms with van der Waals surface area (Å²) in [5, 5.41) is 4.83. The molecule has 7 heteroatoms. The molecule has 0 bridgehead atoms. The maximum Gasteiger partial charge on any atom is 0.338 e. The van der Waals surface area contributed by atoms with E-state index in [4.69, 9.17) is 21.2 Å². The van der Waals surface area contributed by atoms with E-state index in [0.717, 1.165) is 62.7 Å². The standard InChI is InChI=1S/C28H37ClN2O4/c1-20-11-6-4-9-16-34-28(33)26-21(2)17-22(3)27(29)24(26)18-23(13-10-12-20)30-35-19-25(32)31-14-7-5-8-15-31/h6,10-11,13,17,20H,4-5,7-9,12,14-16,18-19H2,1-3H3/b11-6+,13-10+,30-23+. The number of benzene rings is 1. The number of carbonyl (C=O) groups excluding carboxylic acids is 2. The molecule has 1 saturated heterocycles. The first-order chi connectivity index (χ1) is 16.9. The Morgan fingerprint density at radius 1 is 1.17 bits per heavy atom. The van der Waals surface area contributed by atoms with Gasteiger partial charge in [0.2, 0.25) is 0 Å². The average molecular weight is 501 g/mol. The molecule has 1 aromatic rings. The molecular weight excluding hydrogens is 464 g/mol. The molecule has 6 nitrogen and oxygen atoms in total. The van der Waals surface area contributed by atoms with Gasteiger partial charge in [-0.25, -0.2) is 4.79 Å². The summed E-state index contributed by atoms with van der Waals surface area (Å²) in [4.78, 5) is 32.9. The van der Waals surface area contributed by atoms with Crippen molar-refractivity contribution in [2.75, 3.05) is 26.3 Å². The number of rotatable bonds is 3. The van der Waals surface area contributed by atoms with E-state index in [1.165, 1.54) is 0 Å². The summed E-state index contributed by atoms with van der Waals surface area (Å²) in [5.41, 5.74) is 3.45. The maximum absolute atomic E-state index is 13.0. The van der Waals surface area contributed by atoms with Gasteiger partial charge in [0, 0.05) is 24.5 Å². The van der Waals surface area contributed by atoms with Crippen molar-refractivity contribution in [1.82, 2.24) is 4.90 Å². The molecule has 0 aromatic heterocycles. The zero-order chi connectivity index (χ0) is 25.2. The third kappa shape index (κ3) is 7.96. The minimum atomic E-state index is -0.379. The Hall–Kier alpha value is -2.60. The molecule has 2 aliphatic rings. The molecule has 0 aliphatic carbocycles. The predicted octanol–water partition coefficient (Wildman–Crippen LogP) is 5.97. The molecule has 1 atom stereocenters. The van der Waals surface area contributed by atoms with E-state index < -0.39 is 0 Å². The topological polar surface area (TPSA) is 68.2 Å².